The molecule has 8 nitrogen and oxygen atoms in total. The fourth-order valence-corrected chi connectivity index (χ4v) is 3.41. The molecule has 29 heavy (non-hydrogen) atoms. The van der Waals surface area contributed by atoms with E-state index in [-0.39, 0.29) is 11.8 Å². The monoisotopic (exact) mass is 393 g/mol. The second-order valence-corrected chi connectivity index (χ2v) is 7.05. The van der Waals surface area contributed by atoms with Crippen LogP contribution in [0.2, 0.25) is 0 Å². The summed E-state index contributed by atoms with van der Waals surface area (Å²) in [5.41, 5.74) is 2.59. The molecule has 1 aliphatic rings. The van der Waals surface area contributed by atoms with Crippen molar-refractivity contribution in [2.24, 2.45) is 0 Å². The van der Waals surface area contributed by atoms with Crippen molar-refractivity contribution in [3.05, 3.63) is 65.6 Å². The van der Waals surface area contributed by atoms with Crippen molar-refractivity contribution in [3.63, 3.8) is 0 Å². The SMILES string of the molecule is Cc1ccn2ncc(C(=O)NC(Cc3ccccc3)C(=O)N3CCOCC3)c2n1. The molecule has 3 aromatic rings. The molecule has 1 saturated heterocycles. The first-order valence-corrected chi connectivity index (χ1v) is 9.64. The number of nitrogens with one attached hydrogen (secondary N) is 1. The third-order valence-corrected chi connectivity index (χ3v) is 4.96. The minimum Gasteiger partial charge on any atom is -0.378 e. The number of hydrogen-bond donors (Lipinski definition) is 1. The Balaban J connectivity index is 1.58. The lowest BCUT2D eigenvalue weighted by Gasteiger charge is -2.30. The second-order valence-electron chi connectivity index (χ2n) is 7.05. The van der Waals surface area contributed by atoms with Gasteiger partial charge in [-0.3, -0.25) is 9.59 Å². The largest absolute Gasteiger partial charge is 0.378 e. The van der Waals surface area contributed by atoms with Gasteiger partial charge in [0.05, 0.1) is 19.4 Å². The molecule has 4 rings (SSSR count). The predicted octanol–water partition coefficient (Wildman–Crippen LogP) is 1.24. The van der Waals surface area contributed by atoms with E-state index in [2.05, 4.69) is 15.4 Å². The maximum absolute atomic E-state index is 13.1. The Hall–Kier alpha value is -3.26. The molecule has 0 aliphatic carbocycles. The molecule has 1 unspecified atom stereocenters. The first kappa shape index (κ1) is 19.1. The number of amides is 2. The van der Waals surface area contributed by atoms with E-state index in [9.17, 15) is 9.59 Å². The van der Waals surface area contributed by atoms with Crippen molar-refractivity contribution < 1.29 is 14.3 Å². The van der Waals surface area contributed by atoms with Gasteiger partial charge in [-0.15, -0.1) is 0 Å². The molecule has 3 heterocycles. The van der Waals surface area contributed by atoms with Gasteiger partial charge in [-0.2, -0.15) is 5.10 Å². The Morgan fingerprint density at radius 2 is 1.93 bits per heavy atom. The summed E-state index contributed by atoms with van der Waals surface area (Å²) >= 11 is 0. The Bertz CT molecular complexity index is 1010. The molecule has 0 spiro atoms. The molecule has 0 radical (unpaired) electrons. The number of rotatable bonds is 5. The number of hydrogen-bond acceptors (Lipinski definition) is 5. The third-order valence-electron chi connectivity index (χ3n) is 4.96. The number of nitrogens with zero attached hydrogens (tertiary/aromatic N) is 4. The van der Waals surface area contributed by atoms with Gasteiger partial charge in [0.2, 0.25) is 5.91 Å². The van der Waals surface area contributed by atoms with Gasteiger partial charge in [-0.05, 0) is 18.6 Å². The van der Waals surface area contributed by atoms with E-state index in [4.69, 9.17) is 4.74 Å². The number of carbonyl (C=O) groups excluding carboxylic acids is 2. The van der Waals surface area contributed by atoms with Crippen molar-refractivity contribution in [3.8, 4) is 0 Å². The molecule has 1 aromatic carbocycles. The van der Waals surface area contributed by atoms with Gasteiger partial charge in [-0.1, -0.05) is 30.3 Å². The second kappa shape index (κ2) is 8.40. The summed E-state index contributed by atoms with van der Waals surface area (Å²) in [5.74, 6) is -0.466. The maximum Gasteiger partial charge on any atom is 0.257 e. The van der Waals surface area contributed by atoms with Crippen LogP contribution in [0, 0.1) is 6.92 Å². The van der Waals surface area contributed by atoms with E-state index >= 15 is 0 Å². The fraction of sp³-hybridized carbons (Fsp3) is 0.333. The van der Waals surface area contributed by atoms with Crippen molar-refractivity contribution in [2.75, 3.05) is 26.3 Å². The zero-order valence-corrected chi connectivity index (χ0v) is 16.2. The van der Waals surface area contributed by atoms with Crippen LogP contribution >= 0.6 is 0 Å². The van der Waals surface area contributed by atoms with Crippen LogP contribution in [0.5, 0.6) is 0 Å². The Kier molecular flexibility index (Phi) is 5.53. The third kappa shape index (κ3) is 4.27. The lowest BCUT2D eigenvalue weighted by atomic mass is 10.0. The first-order chi connectivity index (χ1) is 14.1. The van der Waals surface area contributed by atoms with Crippen LogP contribution in [0.3, 0.4) is 0 Å². The summed E-state index contributed by atoms with van der Waals surface area (Å²) in [4.78, 5) is 32.3. The molecule has 2 amide bonds. The van der Waals surface area contributed by atoms with Crippen molar-refractivity contribution in [2.45, 2.75) is 19.4 Å². The van der Waals surface area contributed by atoms with Crippen molar-refractivity contribution >= 4 is 17.5 Å². The minimum absolute atomic E-state index is 0.105. The lowest BCUT2D eigenvalue weighted by Crippen LogP contribution is -2.52. The topological polar surface area (TPSA) is 88.8 Å². The lowest BCUT2D eigenvalue weighted by molar-refractivity contribution is -0.137. The summed E-state index contributed by atoms with van der Waals surface area (Å²) in [6.07, 6.45) is 3.65. The van der Waals surface area contributed by atoms with Crippen molar-refractivity contribution in [1.82, 2.24) is 24.8 Å². The zero-order chi connectivity index (χ0) is 20.2. The molecular formula is C21H23N5O3. The fourth-order valence-electron chi connectivity index (χ4n) is 3.41. The van der Waals surface area contributed by atoms with Gasteiger partial charge in [0.1, 0.15) is 11.6 Å². The normalized spacial score (nSPS) is 15.3. The van der Waals surface area contributed by atoms with Gasteiger partial charge >= 0.3 is 0 Å². The van der Waals surface area contributed by atoms with Crippen LogP contribution in [-0.2, 0) is 16.0 Å². The Morgan fingerprint density at radius 3 is 2.69 bits per heavy atom. The Labute approximate surface area is 168 Å². The van der Waals surface area contributed by atoms with Crippen LogP contribution < -0.4 is 5.32 Å². The standard InChI is InChI=1S/C21H23N5O3/c1-15-7-8-26-19(23-15)17(14-22-26)20(27)24-18(13-16-5-3-2-4-6-16)21(28)25-9-11-29-12-10-25/h2-8,14,18H,9-13H2,1H3,(H,24,27). The number of ether oxygens (including phenoxy) is 1. The number of aryl methyl sites for hydroxylation is 1. The molecule has 2 aromatic heterocycles. The average molecular weight is 393 g/mol. The first-order valence-electron chi connectivity index (χ1n) is 9.64. The summed E-state index contributed by atoms with van der Waals surface area (Å²) in [6, 6.07) is 10.8. The highest BCUT2D eigenvalue weighted by Crippen LogP contribution is 2.12. The zero-order valence-electron chi connectivity index (χ0n) is 16.2. The van der Waals surface area contributed by atoms with Gasteiger partial charge in [0.15, 0.2) is 5.65 Å². The van der Waals surface area contributed by atoms with Crippen LogP contribution in [0.25, 0.3) is 5.65 Å². The number of morpholine rings is 1. The van der Waals surface area contributed by atoms with E-state index in [1.807, 2.05) is 43.3 Å². The molecule has 1 aliphatic heterocycles. The number of carbonyl (C=O) groups is 2. The molecular weight excluding hydrogens is 370 g/mol. The van der Waals surface area contributed by atoms with E-state index in [0.29, 0.717) is 43.9 Å². The number of fused-ring (bicyclic) bond motifs is 1. The van der Waals surface area contributed by atoms with E-state index in [1.54, 1.807) is 15.6 Å². The van der Waals surface area contributed by atoms with Crippen LogP contribution in [0.15, 0.2) is 48.8 Å². The van der Waals surface area contributed by atoms with Gasteiger partial charge in [0, 0.05) is 31.4 Å². The van der Waals surface area contributed by atoms with Crippen LogP contribution in [-0.4, -0.2) is 63.7 Å². The van der Waals surface area contributed by atoms with Gasteiger partial charge < -0.3 is 15.0 Å². The highest BCUT2D eigenvalue weighted by molar-refractivity contribution is 6.01. The highest BCUT2D eigenvalue weighted by Gasteiger charge is 2.28. The molecule has 1 N–H and O–H groups in total. The molecule has 1 atom stereocenters. The van der Waals surface area contributed by atoms with Gasteiger partial charge in [0.25, 0.3) is 5.91 Å². The molecule has 150 valence electrons. The summed E-state index contributed by atoms with van der Waals surface area (Å²) in [6.45, 7) is 3.92. The summed E-state index contributed by atoms with van der Waals surface area (Å²) in [5, 5.41) is 7.10. The minimum atomic E-state index is -0.678. The molecule has 0 saturated carbocycles. The number of aromatic nitrogens is 3. The average Bonchev–Trinajstić information content (AvgIpc) is 3.17. The van der Waals surface area contributed by atoms with E-state index in [0.717, 1.165) is 11.3 Å². The van der Waals surface area contributed by atoms with Gasteiger partial charge in [-0.25, -0.2) is 9.50 Å². The van der Waals surface area contributed by atoms with Crippen LogP contribution in [0.1, 0.15) is 21.6 Å². The van der Waals surface area contributed by atoms with Crippen LogP contribution in [0.4, 0.5) is 0 Å². The maximum atomic E-state index is 13.1. The quantitative estimate of drug-likeness (QED) is 0.705. The van der Waals surface area contributed by atoms with Crippen molar-refractivity contribution in [1.29, 1.82) is 0 Å². The molecule has 0 bridgehead atoms. The molecule has 8 heteroatoms. The number of benzene rings is 1. The Morgan fingerprint density at radius 1 is 1.17 bits per heavy atom. The molecule has 1 fully saturated rings. The smallest absolute Gasteiger partial charge is 0.257 e. The highest BCUT2D eigenvalue weighted by atomic mass is 16.5. The van der Waals surface area contributed by atoms with E-state index in [1.165, 1.54) is 6.20 Å². The van der Waals surface area contributed by atoms with E-state index < -0.39 is 6.04 Å². The summed E-state index contributed by atoms with van der Waals surface area (Å²) in [7, 11) is 0. The summed E-state index contributed by atoms with van der Waals surface area (Å²) < 4.78 is 6.90. The predicted molar refractivity (Wildman–Crippen MR) is 107 cm³/mol.